The fourth-order valence-electron chi connectivity index (χ4n) is 1.40. The minimum absolute atomic E-state index is 0.413. The molecule has 0 aromatic carbocycles. The number of carbonyl (C=O) groups excluding carboxylic acids is 1. The number of nitrogens with zero attached hydrogens (tertiary/aromatic N) is 1. The summed E-state index contributed by atoms with van der Waals surface area (Å²) in [5.74, 6) is 0.602. The van der Waals surface area contributed by atoms with Crippen molar-refractivity contribution in [2.75, 3.05) is 25.0 Å². The number of hydrogen-bond acceptors (Lipinski definition) is 5. The van der Waals surface area contributed by atoms with Crippen molar-refractivity contribution in [2.45, 2.75) is 33.3 Å². The predicted molar refractivity (Wildman–Crippen MR) is 78.1 cm³/mol. The first kappa shape index (κ1) is 16.1. The van der Waals surface area contributed by atoms with Crippen LogP contribution in [0.15, 0.2) is 18.3 Å². The number of ether oxygens (including phenoxy) is 2. The normalized spacial score (nSPS) is 10.8. The van der Waals surface area contributed by atoms with Gasteiger partial charge in [0.15, 0.2) is 0 Å². The Kier molecular flexibility index (Phi) is 6.09. The minimum atomic E-state index is -0.476. The average Bonchev–Trinajstić information content (AvgIpc) is 2.35. The van der Waals surface area contributed by atoms with Gasteiger partial charge in [-0.1, -0.05) is 0 Å². The molecule has 6 nitrogen and oxygen atoms in total. The first-order valence-electron chi connectivity index (χ1n) is 6.70. The number of alkyl carbamates (subject to hydrolysis) is 1. The number of rotatable bonds is 6. The molecule has 1 aromatic heterocycles. The van der Waals surface area contributed by atoms with Gasteiger partial charge in [0.05, 0.1) is 18.5 Å². The highest BCUT2D eigenvalue weighted by Gasteiger charge is 2.15. The van der Waals surface area contributed by atoms with Crippen molar-refractivity contribution in [1.29, 1.82) is 0 Å². The Morgan fingerprint density at radius 1 is 1.30 bits per heavy atom. The number of aromatic nitrogens is 1. The first-order chi connectivity index (χ1) is 9.40. The summed E-state index contributed by atoms with van der Waals surface area (Å²) in [5.41, 5.74) is 0.399. The zero-order chi connectivity index (χ0) is 15.0. The third-order valence-corrected chi connectivity index (χ3v) is 2.15. The molecule has 1 rings (SSSR count). The number of nitrogens with one attached hydrogen (secondary N) is 2. The molecular weight excluding hydrogens is 258 g/mol. The van der Waals surface area contributed by atoms with Crippen LogP contribution in [0.5, 0.6) is 5.88 Å². The molecule has 0 saturated heterocycles. The highest BCUT2D eigenvalue weighted by molar-refractivity contribution is 5.67. The topological polar surface area (TPSA) is 72.5 Å². The molecule has 0 unspecified atom stereocenters. The number of amides is 1. The van der Waals surface area contributed by atoms with E-state index < -0.39 is 11.7 Å². The lowest BCUT2D eigenvalue weighted by Crippen LogP contribution is -2.34. The second-order valence-corrected chi connectivity index (χ2v) is 5.17. The van der Waals surface area contributed by atoms with E-state index in [4.69, 9.17) is 9.47 Å². The van der Waals surface area contributed by atoms with Gasteiger partial charge in [-0.15, -0.1) is 0 Å². The van der Waals surface area contributed by atoms with E-state index in [1.165, 1.54) is 0 Å². The summed E-state index contributed by atoms with van der Waals surface area (Å²) >= 11 is 0. The molecule has 1 amide bonds. The van der Waals surface area contributed by atoms with Gasteiger partial charge in [-0.3, -0.25) is 0 Å². The van der Waals surface area contributed by atoms with Gasteiger partial charge in [0.1, 0.15) is 5.60 Å². The van der Waals surface area contributed by atoms with Crippen LogP contribution < -0.4 is 15.4 Å². The SMILES string of the molecule is CCOc1ccc(NCCNC(=O)OC(C)(C)C)cn1. The number of pyridine rings is 1. The maximum Gasteiger partial charge on any atom is 0.407 e. The van der Waals surface area contributed by atoms with E-state index in [9.17, 15) is 4.79 Å². The highest BCUT2D eigenvalue weighted by Crippen LogP contribution is 2.11. The van der Waals surface area contributed by atoms with Gasteiger partial charge in [0.2, 0.25) is 5.88 Å². The molecule has 0 fully saturated rings. The summed E-state index contributed by atoms with van der Waals surface area (Å²) in [6, 6.07) is 3.68. The van der Waals surface area contributed by atoms with Crippen LogP contribution >= 0.6 is 0 Å². The van der Waals surface area contributed by atoms with Crippen molar-refractivity contribution in [3.05, 3.63) is 18.3 Å². The summed E-state index contributed by atoms with van der Waals surface area (Å²) < 4.78 is 10.4. The zero-order valence-electron chi connectivity index (χ0n) is 12.5. The summed E-state index contributed by atoms with van der Waals surface area (Å²) in [6.45, 7) is 9.07. The third kappa shape index (κ3) is 6.82. The van der Waals surface area contributed by atoms with Crippen molar-refractivity contribution in [1.82, 2.24) is 10.3 Å². The molecule has 0 aliphatic carbocycles. The summed E-state index contributed by atoms with van der Waals surface area (Å²) in [6.07, 6.45) is 1.28. The molecule has 0 aliphatic rings. The van der Waals surface area contributed by atoms with Crippen molar-refractivity contribution < 1.29 is 14.3 Å². The Labute approximate surface area is 119 Å². The lowest BCUT2D eigenvalue weighted by molar-refractivity contribution is 0.0530. The minimum Gasteiger partial charge on any atom is -0.478 e. The Morgan fingerprint density at radius 3 is 2.60 bits per heavy atom. The molecule has 0 radical (unpaired) electrons. The molecule has 0 spiro atoms. The van der Waals surface area contributed by atoms with Gasteiger partial charge < -0.3 is 20.1 Å². The fraction of sp³-hybridized carbons (Fsp3) is 0.571. The van der Waals surface area contributed by atoms with Crippen LogP contribution in [-0.4, -0.2) is 36.4 Å². The summed E-state index contributed by atoms with van der Waals surface area (Å²) in [4.78, 5) is 15.5. The van der Waals surface area contributed by atoms with Crippen molar-refractivity contribution in [3.63, 3.8) is 0 Å². The Morgan fingerprint density at radius 2 is 2.05 bits per heavy atom. The van der Waals surface area contributed by atoms with Crippen LogP contribution in [0.25, 0.3) is 0 Å². The van der Waals surface area contributed by atoms with Gasteiger partial charge in [-0.2, -0.15) is 0 Å². The number of carbonyl (C=O) groups is 1. The van der Waals surface area contributed by atoms with E-state index in [1.807, 2.05) is 33.8 Å². The van der Waals surface area contributed by atoms with E-state index >= 15 is 0 Å². The maximum absolute atomic E-state index is 11.4. The standard InChI is InChI=1S/C14H23N3O3/c1-5-19-12-7-6-11(10-17-12)15-8-9-16-13(18)20-14(2,3)4/h6-7,10,15H,5,8-9H2,1-4H3,(H,16,18). The molecule has 1 heterocycles. The van der Waals surface area contributed by atoms with E-state index in [-0.39, 0.29) is 0 Å². The molecule has 2 N–H and O–H groups in total. The molecule has 0 atom stereocenters. The molecule has 6 heteroatoms. The summed E-state index contributed by atoms with van der Waals surface area (Å²) in [5, 5.41) is 5.82. The van der Waals surface area contributed by atoms with Crippen LogP contribution in [0.4, 0.5) is 10.5 Å². The molecule has 20 heavy (non-hydrogen) atoms. The second-order valence-electron chi connectivity index (χ2n) is 5.17. The van der Waals surface area contributed by atoms with E-state index in [1.54, 1.807) is 12.3 Å². The van der Waals surface area contributed by atoms with Crippen molar-refractivity contribution in [3.8, 4) is 5.88 Å². The van der Waals surface area contributed by atoms with E-state index in [0.717, 1.165) is 5.69 Å². The Hall–Kier alpha value is -1.98. The number of hydrogen-bond donors (Lipinski definition) is 2. The summed E-state index contributed by atoms with van der Waals surface area (Å²) in [7, 11) is 0. The molecule has 0 saturated carbocycles. The maximum atomic E-state index is 11.4. The molecule has 112 valence electrons. The second kappa shape index (κ2) is 7.57. The molecule has 0 aliphatic heterocycles. The lowest BCUT2D eigenvalue weighted by Gasteiger charge is -2.19. The predicted octanol–water partition coefficient (Wildman–Crippen LogP) is 2.42. The molecule has 1 aromatic rings. The van der Waals surface area contributed by atoms with Gasteiger partial charge >= 0.3 is 6.09 Å². The largest absolute Gasteiger partial charge is 0.478 e. The highest BCUT2D eigenvalue weighted by atomic mass is 16.6. The van der Waals surface area contributed by atoms with E-state index in [0.29, 0.717) is 25.6 Å². The quantitative estimate of drug-likeness (QED) is 0.783. The van der Waals surface area contributed by atoms with Crippen molar-refractivity contribution >= 4 is 11.8 Å². The van der Waals surface area contributed by atoms with Gasteiger partial charge in [0, 0.05) is 19.2 Å². The van der Waals surface area contributed by atoms with Gasteiger partial charge in [0.25, 0.3) is 0 Å². The molecular formula is C14H23N3O3. The Balaban J connectivity index is 2.22. The van der Waals surface area contributed by atoms with Crippen LogP contribution in [-0.2, 0) is 4.74 Å². The third-order valence-electron chi connectivity index (χ3n) is 2.15. The van der Waals surface area contributed by atoms with Crippen LogP contribution in [0.1, 0.15) is 27.7 Å². The fourth-order valence-corrected chi connectivity index (χ4v) is 1.40. The monoisotopic (exact) mass is 281 g/mol. The van der Waals surface area contributed by atoms with E-state index in [2.05, 4.69) is 15.6 Å². The molecule has 0 bridgehead atoms. The van der Waals surface area contributed by atoms with Crippen LogP contribution in [0.3, 0.4) is 0 Å². The lowest BCUT2D eigenvalue weighted by atomic mass is 10.2. The average molecular weight is 281 g/mol. The zero-order valence-corrected chi connectivity index (χ0v) is 12.5. The first-order valence-corrected chi connectivity index (χ1v) is 6.70. The van der Waals surface area contributed by atoms with Crippen molar-refractivity contribution in [2.24, 2.45) is 0 Å². The van der Waals surface area contributed by atoms with Crippen LogP contribution in [0.2, 0.25) is 0 Å². The van der Waals surface area contributed by atoms with Gasteiger partial charge in [-0.05, 0) is 33.8 Å². The Bertz CT molecular complexity index is 413. The van der Waals surface area contributed by atoms with Crippen LogP contribution in [0, 0.1) is 0 Å². The van der Waals surface area contributed by atoms with Gasteiger partial charge in [-0.25, -0.2) is 9.78 Å². The number of anilines is 1. The smallest absolute Gasteiger partial charge is 0.407 e.